The van der Waals surface area contributed by atoms with Gasteiger partial charge < -0.3 is 10.1 Å². The molecule has 0 unspecified atom stereocenters. The summed E-state index contributed by atoms with van der Waals surface area (Å²) in [4.78, 5) is 0. The van der Waals surface area contributed by atoms with Gasteiger partial charge in [0.05, 0.1) is 11.4 Å². The van der Waals surface area contributed by atoms with Crippen LogP contribution in [0.15, 0.2) is 24.3 Å². The van der Waals surface area contributed by atoms with Gasteiger partial charge in [-0.25, -0.2) is 13.1 Å². The molecule has 118 valence electrons. The lowest BCUT2D eigenvalue weighted by molar-refractivity contribution is -0.0659. The lowest BCUT2D eigenvalue weighted by Gasteiger charge is -2.40. The topological polar surface area (TPSA) is 67.4 Å². The summed E-state index contributed by atoms with van der Waals surface area (Å²) in [5.74, 6) is 0.00658. The van der Waals surface area contributed by atoms with Crippen molar-refractivity contribution in [3.05, 3.63) is 35.4 Å². The number of nitrogens with one attached hydrogen (secondary N) is 2. The third-order valence-electron chi connectivity index (χ3n) is 4.07. The van der Waals surface area contributed by atoms with E-state index in [0.29, 0.717) is 6.54 Å². The molecule has 2 rings (SSSR count). The van der Waals surface area contributed by atoms with Gasteiger partial charge in [-0.1, -0.05) is 24.3 Å². The van der Waals surface area contributed by atoms with Crippen LogP contribution in [-0.4, -0.2) is 34.7 Å². The summed E-state index contributed by atoms with van der Waals surface area (Å²) in [5.41, 5.74) is 1.64. The van der Waals surface area contributed by atoms with Crippen LogP contribution in [0.4, 0.5) is 0 Å². The van der Waals surface area contributed by atoms with Gasteiger partial charge in [-0.2, -0.15) is 0 Å². The normalized spacial score (nSPS) is 17.4. The van der Waals surface area contributed by atoms with Gasteiger partial charge in [-0.3, -0.25) is 0 Å². The van der Waals surface area contributed by atoms with Crippen LogP contribution in [0, 0.1) is 0 Å². The summed E-state index contributed by atoms with van der Waals surface area (Å²) in [7, 11) is 0.205. The molecule has 1 aliphatic carbocycles. The van der Waals surface area contributed by atoms with Gasteiger partial charge in [0.25, 0.3) is 0 Å². The molecule has 0 saturated heterocycles. The van der Waals surface area contributed by atoms with Crippen LogP contribution in [-0.2, 0) is 27.1 Å². The molecular weight excluding hydrogens is 288 g/mol. The highest BCUT2D eigenvalue weighted by Crippen LogP contribution is 2.34. The van der Waals surface area contributed by atoms with Crippen LogP contribution in [0.3, 0.4) is 0 Å². The summed E-state index contributed by atoms with van der Waals surface area (Å²) >= 11 is 0. The van der Waals surface area contributed by atoms with Crippen molar-refractivity contribution in [2.24, 2.45) is 0 Å². The zero-order valence-corrected chi connectivity index (χ0v) is 13.5. The van der Waals surface area contributed by atoms with Gasteiger partial charge in [0.1, 0.15) is 0 Å². The number of hydrogen-bond acceptors (Lipinski definition) is 4. The van der Waals surface area contributed by atoms with Crippen LogP contribution in [0.25, 0.3) is 0 Å². The van der Waals surface area contributed by atoms with Gasteiger partial charge in [0, 0.05) is 20.2 Å². The maximum absolute atomic E-state index is 12.1. The van der Waals surface area contributed by atoms with E-state index >= 15 is 0 Å². The number of ether oxygens (including phenoxy) is 1. The Morgan fingerprint density at radius 3 is 2.29 bits per heavy atom. The molecule has 1 aromatic rings. The van der Waals surface area contributed by atoms with Crippen molar-refractivity contribution < 1.29 is 13.2 Å². The third-order valence-corrected chi connectivity index (χ3v) is 5.37. The SMILES string of the molecule is CNCc1ccc(CS(=O)(=O)NCC2(OC)CCC2)cc1. The number of sulfonamides is 1. The molecule has 1 saturated carbocycles. The van der Waals surface area contributed by atoms with Crippen LogP contribution in [0.5, 0.6) is 0 Å². The van der Waals surface area contributed by atoms with E-state index in [4.69, 9.17) is 4.74 Å². The Morgan fingerprint density at radius 1 is 1.19 bits per heavy atom. The fourth-order valence-electron chi connectivity index (χ4n) is 2.49. The fraction of sp³-hybridized carbons (Fsp3) is 0.600. The highest BCUT2D eigenvalue weighted by atomic mass is 32.2. The van der Waals surface area contributed by atoms with Crippen molar-refractivity contribution in [3.63, 3.8) is 0 Å². The molecule has 0 aliphatic heterocycles. The van der Waals surface area contributed by atoms with E-state index in [1.54, 1.807) is 7.11 Å². The molecule has 21 heavy (non-hydrogen) atoms. The number of benzene rings is 1. The third kappa shape index (κ3) is 4.51. The summed E-state index contributed by atoms with van der Waals surface area (Å²) in [6.07, 6.45) is 2.94. The van der Waals surface area contributed by atoms with Crippen LogP contribution < -0.4 is 10.0 Å². The molecule has 0 amide bonds. The standard InChI is InChI=1S/C15H24N2O3S/c1-16-10-13-4-6-14(7-5-13)11-21(18,19)17-12-15(20-2)8-3-9-15/h4-7,16-17H,3,8-12H2,1-2H3. The monoisotopic (exact) mass is 312 g/mol. The molecule has 0 heterocycles. The van der Waals surface area contributed by atoms with E-state index in [9.17, 15) is 8.42 Å². The Balaban J connectivity index is 1.91. The predicted octanol–water partition coefficient (Wildman–Crippen LogP) is 1.39. The maximum atomic E-state index is 12.1. The summed E-state index contributed by atoms with van der Waals surface area (Å²) in [6.45, 7) is 1.14. The largest absolute Gasteiger partial charge is 0.377 e. The second kappa shape index (κ2) is 6.87. The quantitative estimate of drug-likeness (QED) is 0.761. The average Bonchev–Trinajstić information content (AvgIpc) is 2.40. The highest BCUT2D eigenvalue weighted by Gasteiger charge is 2.37. The molecule has 1 fully saturated rings. The maximum Gasteiger partial charge on any atom is 0.215 e. The molecule has 2 N–H and O–H groups in total. The first-order valence-electron chi connectivity index (χ1n) is 7.23. The van der Waals surface area contributed by atoms with Crippen molar-refractivity contribution in [1.82, 2.24) is 10.0 Å². The second-order valence-electron chi connectivity index (χ2n) is 5.67. The van der Waals surface area contributed by atoms with Crippen LogP contribution in [0.1, 0.15) is 30.4 Å². The van der Waals surface area contributed by atoms with Crippen molar-refractivity contribution in [3.8, 4) is 0 Å². The lowest BCUT2D eigenvalue weighted by Crippen LogP contribution is -2.49. The van der Waals surface area contributed by atoms with Gasteiger partial charge in [-0.05, 0) is 37.4 Å². The van der Waals surface area contributed by atoms with E-state index in [1.165, 1.54) is 0 Å². The number of rotatable bonds is 8. The minimum atomic E-state index is -3.32. The molecular formula is C15H24N2O3S. The van der Waals surface area contributed by atoms with Crippen LogP contribution in [0.2, 0.25) is 0 Å². The molecule has 5 nitrogen and oxygen atoms in total. The fourth-order valence-corrected chi connectivity index (χ4v) is 3.71. The molecule has 0 aromatic heterocycles. The van der Waals surface area contributed by atoms with Gasteiger partial charge in [0.15, 0.2) is 0 Å². The van der Waals surface area contributed by atoms with Crippen molar-refractivity contribution in [2.45, 2.75) is 37.2 Å². The minimum absolute atomic E-state index is 0.00658. The summed E-state index contributed by atoms with van der Waals surface area (Å²) in [5, 5.41) is 3.06. The van der Waals surface area contributed by atoms with Gasteiger partial charge in [0.2, 0.25) is 10.0 Å². The second-order valence-corrected chi connectivity index (χ2v) is 7.47. The smallest absolute Gasteiger partial charge is 0.215 e. The van der Waals surface area contributed by atoms with Crippen molar-refractivity contribution >= 4 is 10.0 Å². The van der Waals surface area contributed by atoms with E-state index in [2.05, 4.69) is 10.0 Å². The average molecular weight is 312 g/mol. The summed E-state index contributed by atoms with van der Waals surface area (Å²) < 4.78 is 32.4. The van der Waals surface area contributed by atoms with E-state index in [0.717, 1.165) is 36.9 Å². The Morgan fingerprint density at radius 2 is 1.81 bits per heavy atom. The van der Waals surface area contributed by atoms with Gasteiger partial charge >= 0.3 is 0 Å². The number of hydrogen-bond donors (Lipinski definition) is 2. The zero-order valence-electron chi connectivity index (χ0n) is 12.7. The van der Waals surface area contributed by atoms with Crippen LogP contribution >= 0.6 is 0 Å². The Hall–Kier alpha value is -0.950. The van der Waals surface area contributed by atoms with E-state index in [1.807, 2.05) is 31.3 Å². The predicted molar refractivity (Wildman–Crippen MR) is 83.4 cm³/mol. The van der Waals surface area contributed by atoms with E-state index in [-0.39, 0.29) is 11.4 Å². The lowest BCUT2D eigenvalue weighted by atomic mass is 9.80. The first-order chi connectivity index (χ1) is 9.99. The Bertz CT molecular complexity index is 545. The molecule has 0 spiro atoms. The Labute approximate surface area is 127 Å². The first kappa shape index (κ1) is 16.4. The summed E-state index contributed by atoms with van der Waals surface area (Å²) in [6, 6.07) is 7.62. The molecule has 1 aliphatic rings. The molecule has 1 aromatic carbocycles. The minimum Gasteiger partial charge on any atom is -0.377 e. The Kier molecular flexibility index (Phi) is 5.37. The number of methoxy groups -OCH3 is 1. The van der Waals surface area contributed by atoms with Crippen molar-refractivity contribution in [1.29, 1.82) is 0 Å². The zero-order chi connectivity index (χ0) is 15.3. The van der Waals surface area contributed by atoms with Crippen molar-refractivity contribution in [2.75, 3.05) is 20.7 Å². The molecule has 6 heteroatoms. The highest BCUT2D eigenvalue weighted by molar-refractivity contribution is 7.88. The van der Waals surface area contributed by atoms with Gasteiger partial charge in [-0.15, -0.1) is 0 Å². The molecule has 0 bridgehead atoms. The van der Waals surface area contributed by atoms with E-state index < -0.39 is 10.0 Å². The molecule has 0 atom stereocenters. The first-order valence-corrected chi connectivity index (χ1v) is 8.89. The molecule has 0 radical (unpaired) electrons.